The third kappa shape index (κ3) is 6.69. The molecule has 2 amide bonds. The van der Waals surface area contributed by atoms with Gasteiger partial charge in [0, 0.05) is 6.54 Å². The normalized spacial score (nSPS) is 18.1. The molecule has 0 spiro atoms. The number of hydrogen-bond donors (Lipinski definition) is 1. The average molecular weight is 416 g/mol. The zero-order valence-corrected chi connectivity index (χ0v) is 18.7. The van der Waals surface area contributed by atoms with E-state index >= 15 is 0 Å². The number of likely N-dealkylation sites (tertiary alicyclic amines) is 1. The summed E-state index contributed by atoms with van der Waals surface area (Å²) in [6.45, 7) is 5.94. The van der Waals surface area contributed by atoms with Gasteiger partial charge in [0.2, 0.25) is 0 Å². The van der Waals surface area contributed by atoms with E-state index in [9.17, 15) is 14.7 Å². The molecule has 160 valence electrons. The van der Waals surface area contributed by atoms with E-state index in [2.05, 4.69) is 5.32 Å². The van der Waals surface area contributed by atoms with Crippen LogP contribution in [0.4, 0.5) is 5.69 Å². The molecule has 1 fully saturated rings. The van der Waals surface area contributed by atoms with Gasteiger partial charge < -0.3 is 24.9 Å². The van der Waals surface area contributed by atoms with Gasteiger partial charge in [-0.3, -0.25) is 4.79 Å². The van der Waals surface area contributed by atoms with Gasteiger partial charge in [0.05, 0.1) is 17.6 Å². The van der Waals surface area contributed by atoms with E-state index in [0.717, 1.165) is 0 Å². The molecule has 2 aromatic carbocycles. The number of para-hydroxylation sites is 1. The minimum atomic E-state index is -1.14. The molecule has 7 heteroatoms. The zero-order valence-electron chi connectivity index (χ0n) is 18.7. The van der Waals surface area contributed by atoms with Crippen LogP contribution in [0.25, 0.3) is 5.32 Å². The SMILES string of the molecule is CC(C)(C)OC(C(=O)N1CCC[C@H]1C(=O)[N-]c1ccccc1)[C@@H](O)c1ccccc1.[Li+]. The smallest absolute Gasteiger partial charge is 0.625 e. The molecule has 31 heavy (non-hydrogen) atoms. The van der Waals surface area contributed by atoms with Crippen LogP contribution in [-0.2, 0) is 14.3 Å². The first-order chi connectivity index (χ1) is 14.3. The predicted octanol–water partition coefficient (Wildman–Crippen LogP) is 1.13. The molecule has 3 rings (SSSR count). The van der Waals surface area contributed by atoms with E-state index in [1.165, 1.54) is 4.90 Å². The van der Waals surface area contributed by atoms with Gasteiger partial charge in [-0.15, -0.1) is 5.69 Å². The molecular weight excluding hydrogens is 387 g/mol. The standard InChI is InChI=1S/C24H30N2O4.Li/c1-24(2,3)30-21(20(27)17-11-6-4-7-12-17)23(29)26-16-10-15-19(26)22(28)25-18-13-8-5-9-14-18;/h4-9,11-14,19-21,27H,10,15-16H2,1-3H3,(H,25,28);/q;+1/p-1/t19-,20-,21?;/m0./s1. The van der Waals surface area contributed by atoms with Crippen LogP contribution in [0.3, 0.4) is 0 Å². The topological polar surface area (TPSA) is 80.9 Å². The molecule has 1 unspecified atom stereocenters. The fraction of sp³-hybridized carbons (Fsp3) is 0.417. The molecule has 0 bridgehead atoms. The van der Waals surface area contributed by atoms with Crippen LogP contribution in [0, 0.1) is 0 Å². The summed E-state index contributed by atoms with van der Waals surface area (Å²) < 4.78 is 5.99. The van der Waals surface area contributed by atoms with Crippen LogP contribution in [-0.4, -0.2) is 46.1 Å². The van der Waals surface area contributed by atoms with E-state index in [-0.39, 0.29) is 30.7 Å². The van der Waals surface area contributed by atoms with Crippen molar-refractivity contribution in [2.24, 2.45) is 0 Å². The largest absolute Gasteiger partial charge is 1.00 e. The zero-order chi connectivity index (χ0) is 21.7. The Hall–Kier alpha value is -2.10. The molecule has 0 aliphatic carbocycles. The van der Waals surface area contributed by atoms with Gasteiger partial charge >= 0.3 is 18.9 Å². The summed E-state index contributed by atoms with van der Waals surface area (Å²) in [5, 5.41) is 15.1. The van der Waals surface area contributed by atoms with Gasteiger partial charge in [-0.05, 0) is 39.2 Å². The number of aliphatic hydroxyl groups is 1. The molecule has 6 nitrogen and oxygen atoms in total. The number of benzene rings is 2. The average Bonchev–Trinajstić information content (AvgIpc) is 3.22. The van der Waals surface area contributed by atoms with Gasteiger partial charge in [0.25, 0.3) is 5.91 Å². The summed E-state index contributed by atoms with van der Waals surface area (Å²) in [5.74, 6) is -0.740. The molecule has 2 aromatic rings. The molecular formula is C24H29LiN2O4. The van der Waals surface area contributed by atoms with Crippen LogP contribution >= 0.6 is 0 Å². The predicted molar refractivity (Wildman–Crippen MR) is 115 cm³/mol. The van der Waals surface area contributed by atoms with Gasteiger partial charge in [0.1, 0.15) is 6.10 Å². The van der Waals surface area contributed by atoms with Crippen molar-refractivity contribution < 1.29 is 38.3 Å². The summed E-state index contributed by atoms with van der Waals surface area (Å²) in [7, 11) is 0. The first-order valence-corrected chi connectivity index (χ1v) is 10.3. The monoisotopic (exact) mass is 416 g/mol. The van der Waals surface area contributed by atoms with Gasteiger partial charge in [-0.2, -0.15) is 0 Å². The van der Waals surface area contributed by atoms with Crippen molar-refractivity contribution in [1.82, 2.24) is 4.90 Å². The second-order valence-corrected chi connectivity index (χ2v) is 8.48. The number of nitrogens with zero attached hydrogens (tertiary/aromatic N) is 2. The van der Waals surface area contributed by atoms with Crippen LogP contribution in [0.15, 0.2) is 60.7 Å². The number of aliphatic hydroxyl groups excluding tert-OH is 1. The van der Waals surface area contributed by atoms with Crippen molar-refractivity contribution in [2.75, 3.05) is 6.54 Å². The molecule has 1 N–H and O–H groups in total. The van der Waals surface area contributed by atoms with Crippen molar-refractivity contribution in [3.63, 3.8) is 0 Å². The Labute approximate surface area is 196 Å². The number of carbonyl (C=O) groups excluding carboxylic acids is 2. The van der Waals surface area contributed by atoms with Crippen LogP contribution < -0.4 is 18.9 Å². The molecule has 1 aliphatic heterocycles. The summed E-state index contributed by atoms with van der Waals surface area (Å²) in [5.41, 5.74) is 0.508. The third-order valence-electron chi connectivity index (χ3n) is 4.97. The maximum Gasteiger partial charge on any atom is 1.00 e. The Bertz CT molecular complexity index is 855. The van der Waals surface area contributed by atoms with E-state index in [0.29, 0.717) is 30.6 Å². The van der Waals surface area contributed by atoms with Gasteiger partial charge in [-0.1, -0.05) is 60.7 Å². The Morgan fingerprint density at radius 1 is 1.06 bits per heavy atom. The first-order valence-electron chi connectivity index (χ1n) is 10.3. The number of amides is 2. The molecule has 0 radical (unpaired) electrons. The second-order valence-electron chi connectivity index (χ2n) is 8.48. The molecule has 3 atom stereocenters. The van der Waals surface area contributed by atoms with E-state index in [1.807, 2.05) is 45.0 Å². The second kappa shape index (κ2) is 11.0. The van der Waals surface area contributed by atoms with E-state index < -0.39 is 23.9 Å². The van der Waals surface area contributed by atoms with Gasteiger partial charge in [-0.25, -0.2) is 0 Å². The summed E-state index contributed by atoms with van der Waals surface area (Å²) >= 11 is 0. The summed E-state index contributed by atoms with van der Waals surface area (Å²) in [6, 6.07) is 17.3. The fourth-order valence-corrected chi connectivity index (χ4v) is 3.61. The maximum absolute atomic E-state index is 13.5. The number of hydrogen-bond acceptors (Lipinski definition) is 4. The van der Waals surface area contributed by atoms with Crippen molar-refractivity contribution in [3.8, 4) is 0 Å². The molecule has 1 saturated heterocycles. The minimum Gasteiger partial charge on any atom is -0.625 e. The Morgan fingerprint density at radius 3 is 2.23 bits per heavy atom. The fourth-order valence-electron chi connectivity index (χ4n) is 3.61. The Morgan fingerprint density at radius 2 is 1.65 bits per heavy atom. The molecule has 1 aliphatic rings. The van der Waals surface area contributed by atoms with Gasteiger partial charge in [0.15, 0.2) is 6.10 Å². The number of carbonyl (C=O) groups is 2. The van der Waals surface area contributed by atoms with Crippen LogP contribution in [0.1, 0.15) is 45.3 Å². The third-order valence-corrected chi connectivity index (χ3v) is 4.97. The summed E-state index contributed by atoms with van der Waals surface area (Å²) in [4.78, 5) is 27.8. The van der Waals surface area contributed by atoms with Crippen molar-refractivity contribution in [2.45, 2.75) is 57.5 Å². The van der Waals surface area contributed by atoms with Crippen LogP contribution in [0.2, 0.25) is 0 Å². The number of ether oxygens (including phenoxy) is 1. The Balaban J connectivity index is 0.00000341. The Kier molecular flexibility index (Phi) is 8.90. The minimum absolute atomic E-state index is 0. The summed E-state index contributed by atoms with van der Waals surface area (Å²) in [6.07, 6.45) is -1.00. The molecule has 0 saturated carbocycles. The van der Waals surface area contributed by atoms with E-state index in [1.54, 1.807) is 36.4 Å². The maximum atomic E-state index is 13.5. The van der Waals surface area contributed by atoms with Crippen LogP contribution in [0.5, 0.6) is 0 Å². The molecule has 1 heterocycles. The number of rotatable bonds is 6. The van der Waals surface area contributed by atoms with Crippen molar-refractivity contribution in [3.05, 3.63) is 71.5 Å². The molecule has 0 aromatic heterocycles. The first kappa shape index (κ1) is 25.2. The van der Waals surface area contributed by atoms with Crippen molar-refractivity contribution in [1.29, 1.82) is 0 Å². The quantitative estimate of drug-likeness (QED) is 0.716. The van der Waals surface area contributed by atoms with E-state index in [4.69, 9.17) is 4.74 Å². The van der Waals surface area contributed by atoms with Crippen molar-refractivity contribution >= 4 is 17.5 Å².